The average molecular weight is 771 g/mol. The summed E-state index contributed by atoms with van der Waals surface area (Å²) in [7, 11) is -0.0636. The van der Waals surface area contributed by atoms with E-state index in [2.05, 4.69) is 21.3 Å². The number of hydrogen-bond donors (Lipinski definition) is 6. The molecule has 15 heteroatoms. The van der Waals surface area contributed by atoms with Crippen LogP contribution in [0.5, 0.6) is 17.2 Å². The molecular formula is C38H51ClN4O9Si. The number of alkyl carbamates (subject to hydrolysis) is 1. The maximum atomic E-state index is 14.6. The Bertz CT molecular complexity index is 1740. The Kier molecular flexibility index (Phi) is 14.0. The first kappa shape index (κ1) is 42.6. The van der Waals surface area contributed by atoms with Gasteiger partial charge in [-0.2, -0.15) is 0 Å². The van der Waals surface area contributed by atoms with Gasteiger partial charge in [0.15, 0.2) is 19.8 Å². The fourth-order valence-corrected chi connectivity index (χ4v) is 6.42. The molecule has 0 radical (unpaired) electrons. The molecule has 0 heterocycles. The number of carbonyl (C=O) groups excluding carboxylic acids is 4. The average Bonchev–Trinajstić information content (AvgIpc) is 3.06. The molecule has 3 rings (SSSR count). The summed E-state index contributed by atoms with van der Waals surface area (Å²) in [4.78, 5) is 55.4. The van der Waals surface area contributed by atoms with Gasteiger partial charge in [-0.25, -0.2) is 4.79 Å². The lowest BCUT2D eigenvalue weighted by Crippen LogP contribution is -2.56. The van der Waals surface area contributed by atoms with Crippen LogP contribution in [0.2, 0.25) is 23.2 Å². The van der Waals surface area contributed by atoms with Crippen molar-refractivity contribution in [2.75, 3.05) is 14.2 Å². The highest BCUT2D eigenvalue weighted by atomic mass is 35.5. The summed E-state index contributed by atoms with van der Waals surface area (Å²) in [5.41, 5.74) is 0.00253. The lowest BCUT2D eigenvalue weighted by Gasteiger charge is -2.41. The monoisotopic (exact) mass is 770 g/mol. The van der Waals surface area contributed by atoms with Gasteiger partial charge in [0.1, 0.15) is 23.7 Å². The quantitative estimate of drug-likeness (QED) is 0.111. The molecule has 13 nitrogen and oxygen atoms in total. The number of carbonyl (C=O) groups is 4. The zero-order valence-electron chi connectivity index (χ0n) is 31.8. The standard InChI is InChI=1S/C38H51ClN4O9Si/c1-37(2,3)51-36(49)43-30(31(23-16-18-25(39)19-17-23)52-53(9,10)38(4,5)6)35(48)41-28(22-14-12-11-13-15-22)34(47)42-29(33(46)40-7)24-20-26(44)32(50-8)27(45)21-24/h11-21,28-31,44-45H,1-10H3,(H,40,46)(H,41,48)(H,42,47)(H,43,49)/t28-,29+,30+,31+/m0/s1. The minimum Gasteiger partial charge on any atom is -0.504 e. The molecule has 4 atom stereocenters. The van der Waals surface area contributed by atoms with Gasteiger partial charge < -0.3 is 45.4 Å². The number of likely N-dealkylation sites (N-methyl/N-ethyl adjacent to an activating group) is 1. The number of methoxy groups -OCH3 is 1. The van der Waals surface area contributed by atoms with E-state index < -0.39 is 73.5 Å². The van der Waals surface area contributed by atoms with Gasteiger partial charge in [-0.3, -0.25) is 14.4 Å². The second-order valence-corrected chi connectivity index (χ2v) is 20.2. The second-order valence-electron chi connectivity index (χ2n) is 15.0. The molecule has 0 saturated carbocycles. The lowest BCUT2D eigenvalue weighted by atomic mass is 9.99. The van der Waals surface area contributed by atoms with Crippen molar-refractivity contribution in [1.29, 1.82) is 0 Å². The highest BCUT2D eigenvalue weighted by Gasteiger charge is 2.44. The summed E-state index contributed by atoms with van der Waals surface area (Å²) in [6, 6.07) is 13.0. The predicted octanol–water partition coefficient (Wildman–Crippen LogP) is 6.18. The van der Waals surface area contributed by atoms with Crippen LogP contribution in [0, 0.1) is 0 Å². The molecule has 53 heavy (non-hydrogen) atoms. The summed E-state index contributed by atoms with van der Waals surface area (Å²) in [6.07, 6.45) is -1.96. The molecule has 0 spiro atoms. The zero-order valence-corrected chi connectivity index (χ0v) is 33.5. The van der Waals surface area contributed by atoms with Crippen LogP contribution in [0.4, 0.5) is 4.79 Å². The summed E-state index contributed by atoms with van der Waals surface area (Å²) in [5.74, 6) is -3.46. The number of aromatic hydroxyl groups is 2. The normalized spacial score (nSPS) is 14.2. The largest absolute Gasteiger partial charge is 0.504 e. The van der Waals surface area contributed by atoms with Crippen LogP contribution in [-0.2, 0) is 23.5 Å². The van der Waals surface area contributed by atoms with Gasteiger partial charge >= 0.3 is 6.09 Å². The van der Waals surface area contributed by atoms with Gasteiger partial charge in [0.25, 0.3) is 0 Å². The highest BCUT2D eigenvalue weighted by molar-refractivity contribution is 6.74. The molecule has 4 amide bonds. The van der Waals surface area contributed by atoms with E-state index in [4.69, 9.17) is 25.5 Å². The van der Waals surface area contributed by atoms with Crippen LogP contribution in [-0.4, -0.2) is 68.1 Å². The van der Waals surface area contributed by atoms with Gasteiger partial charge in [-0.05, 0) is 79.9 Å². The van der Waals surface area contributed by atoms with Crippen LogP contribution in [0.3, 0.4) is 0 Å². The van der Waals surface area contributed by atoms with E-state index in [1.807, 2.05) is 33.9 Å². The SMILES string of the molecule is CNC(=O)[C@H](NC(=O)[C@@H](NC(=O)[C@H](NC(=O)OC(C)(C)C)[C@H](O[Si](C)(C)C(C)(C)C)c1ccc(Cl)cc1)c1ccccc1)c1cc(O)c(OC)c(O)c1. The van der Waals surface area contributed by atoms with E-state index >= 15 is 0 Å². The molecular weight excluding hydrogens is 720 g/mol. The molecule has 0 saturated heterocycles. The van der Waals surface area contributed by atoms with Crippen molar-refractivity contribution in [2.45, 2.75) is 89.5 Å². The van der Waals surface area contributed by atoms with Crippen molar-refractivity contribution in [3.8, 4) is 17.2 Å². The lowest BCUT2D eigenvalue weighted by molar-refractivity contribution is -0.133. The Morgan fingerprint density at radius 1 is 0.736 bits per heavy atom. The van der Waals surface area contributed by atoms with E-state index in [1.54, 1.807) is 75.4 Å². The molecule has 0 fully saturated rings. The molecule has 0 aromatic heterocycles. The van der Waals surface area contributed by atoms with Crippen LogP contribution >= 0.6 is 11.6 Å². The summed E-state index contributed by atoms with van der Waals surface area (Å²) < 4.78 is 17.4. The van der Waals surface area contributed by atoms with Crippen LogP contribution in [0.25, 0.3) is 0 Å². The van der Waals surface area contributed by atoms with Crippen molar-refractivity contribution in [3.05, 3.63) is 88.4 Å². The first-order chi connectivity index (χ1) is 24.6. The molecule has 288 valence electrons. The van der Waals surface area contributed by atoms with E-state index in [9.17, 15) is 29.4 Å². The maximum Gasteiger partial charge on any atom is 0.408 e. The minimum atomic E-state index is -2.67. The Morgan fingerprint density at radius 2 is 1.26 bits per heavy atom. The fraction of sp³-hybridized carbons (Fsp3) is 0.421. The molecule has 0 aliphatic heterocycles. The van der Waals surface area contributed by atoms with Gasteiger partial charge in [0.2, 0.25) is 23.5 Å². The zero-order chi connectivity index (χ0) is 39.9. The van der Waals surface area contributed by atoms with E-state index in [1.165, 1.54) is 26.3 Å². The first-order valence-corrected chi connectivity index (χ1v) is 20.3. The molecule has 0 unspecified atom stereocenters. The Morgan fingerprint density at radius 3 is 1.75 bits per heavy atom. The number of nitrogens with one attached hydrogen (secondary N) is 4. The summed E-state index contributed by atoms with van der Waals surface area (Å²) >= 11 is 6.24. The molecule has 6 N–H and O–H groups in total. The topological polar surface area (TPSA) is 185 Å². The maximum absolute atomic E-state index is 14.6. The van der Waals surface area contributed by atoms with Gasteiger partial charge in [-0.15, -0.1) is 0 Å². The van der Waals surface area contributed by atoms with Crippen LogP contribution in [0.1, 0.15) is 76.4 Å². The van der Waals surface area contributed by atoms with E-state index in [0.717, 1.165) is 0 Å². The second kappa shape index (κ2) is 17.4. The number of hydrogen-bond acceptors (Lipinski definition) is 9. The molecule has 3 aromatic carbocycles. The van der Waals surface area contributed by atoms with Crippen LogP contribution < -0.4 is 26.0 Å². The Labute approximate surface area is 316 Å². The first-order valence-electron chi connectivity index (χ1n) is 17.0. The van der Waals surface area contributed by atoms with E-state index in [-0.39, 0.29) is 16.4 Å². The van der Waals surface area contributed by atoms with Crippen molar-refractivity contribution in [1.82, 2.24) is 21.3 Å². The number of phenols is 2. The molecule has 0 bridgehead atoms. The number of phenolic OH excluding ortho intramolecular Hbond substituents is 2. The number of halogens is 1. The fourth-order valence-electron chi connectivity index (χ4n) is 5.03. The third-order valence-electron chi connectivity index (χ3n) is 8.77. The Balaban J connectivity index is 2.15. The number of rotatable bonds is 13. The number of amides is 4. The minimum absolute atomic E-state index is 0.0293. The van der Waals surface area contributed by atoms with E-state index in [0.29, 0.717) is 16.1 Å². The van der Waals surface area contributed by atoms with Crippen LogP contribution in [0.15, 0.2) is 66.7 Å². The Hall–Kier alpha value is -4.79. The number of benzene rings is 3. The van der Waals surface area contributed by atoms with Gasteiger partial charge in [0.05, 0.1) is 13.2 Å². The molecule has 0 aliphatic carbocycles. The third kappa shape index (κ3) is 11.3. The smallest absolute Gasteiger partial charge is 0.408 e. The van der Waals surface area contributed by atoms with Crippen molar-refractivity contribution in [3.63, 3.8) is 0 Å². The van der Waals surface area contributed by atoms with Crippen molar-refractivity contribution < 1.29 is 43.3 Å². The van der Waals surface area contributed by atoms with Gasteiger partial charge in [0, 0.05) is 12.1 Å². The molecule has 0 aliphatic rings. The summed E-state index contributed by atoms with van der Waals surface area (Å²) in [5, 5.41) is 31.7. The molecule has 3 aromatic rings. The van der Waals surface area contributed by atoms with Crippen molar-refractivity contribution >= 4 is 43.7 Å². The predicted molar refractivity (Wildman–Crippen MR) is 204 cm³/mol. The third-order valence-corrected chi connectivity index (χ3v) is 13.5. The summed E-state index contributed by atoms with van der Waals surface area (Å²) in [6.45, 7) is 15.2. The van der Waals surface area contributed by atoms with Crippen molar-refractivity contribution in [2.24, 2.45) is 0 Å². The number of ether oxygens (including phenoxy) is 2. The highest BCUT2D eigenvalue weighted by Crippen LogP contribution is 2.41. The van der Waals surface area contributed by atoms with Gasteiger partial charge in [-0.1, -0.05) is 74.8 Å².